The van der Waals surface area contributed by atoms with E-state index < -0.39 is 0 Å². The van der Waals surface area contributed by atoms with E-state index in [0.29, 0.717) is 5.88 Å². The van der Waals surface area contributed by atoms with Crippen molar-refractivity contribution in [3.8, 4) is 5.88 Å². The zero-order valence-corrected chi connectivity index (χ0v) is 6.73. The van der Waals surface area contributed by atoms with E-state index in [-0.39, 0.29) is 0 Å². The first-order valence-electron chi connectivity index (χ1n) is 2.83. The van der Waals surface area contributed by atoms with E-state index in [1.807, 2.05) is 6.26 Å². The molecule has 3 heteroatoms. The predicted octanol–water partition coefficient (Wildman–Crippen LogP) is 1.61. The Balaban J connectivity index is 2.87. The Kier molecular flexibility index (Phi) is 2.57. The van der Waals surface area contributed by atoms with Gasteiger partial charge in [-0.1, -0.05) is 0 Å². The van der Waals surface area contributed by atoms with Crippen LogP contribution in [0.3, 0.4) is 0 Å². The molecule has 0 N–H and O–H groups in total. The van der Waals surface area contributed by atoms with E-state index >= 15 is 0 Å². The minimum Gasteiger partial charge on any atom is -0.481 e. The Hall–Kier alpha value is -0.700. The first-order valence-corrected chi connectivity index (χ1v) is 4.06. The molecule has 53 valence electrons. The van der Waals surface area contributed by atoms with Crippen LogP contribution in [0.5, 0.6) is 5.88 Å². The molecule has 0 fully saturated rings. The third kappa shape index (κ3) is 1.64. The maximum atomic E-state index is 4.91. The Labute approximate surface area is 64.6 Å². The summed E-state index contributed by atoms with van der Waals surface area (Å²) in [5.74, 6) is 0.642. The minimum absolute atomic E-state index is 0.642. The minimum atomic E-state index is 0.642. The normalized spacial score (nSPS) is 9.40. The van der Waals surface area contributed by atoms with Crippen LogP contribution in [0.15, 0.2) is 17.2 Å². The molecule has 0 spiro atoms. The van der Waals surface area contributed by atoms with Crippen LogP contribution in [-0.2, 0) is 0 Å². The van der Waals surface area contributed by atoms with Crippen molar-refractivity contribution in [3.05, 3.63) is 18.2 Å². The van der Waals surface area contributed by atoms with Crippen molar-refractivity contribution in [1.29, 1.82) is 0 Å². The van der Waals surface area contributed by atoms with Crippen LogP contribution in [0.2, 0.25) is 0 Å². The van der Waals surface area contributed by atoms with Crippen molar-refractivity contribution >= 4 is 11.8 Å². The van der Waals surface area contributed by atoms with E-state index in [0.717, 1.165) is 5.03 Å². The summed E-state index contributed by atoms with van der Waals surface area (Å²) in [5, 5.41) is 0.861. The molecule has 0 atom stereocenters. The van der Waals surface area contributed by atoms with E-state index in [9.17, 15) is 0 Å². The number of aromatic nitrogens is 1. The standard InChI is InChI=1S/C7H8NOS/c1-9-6-4-3-5-7(8-6)10-2/h3-4H,1-2H3. The lowest BCUT2D eigenvalue weighted by Crippen LogP contribution is -1.87. The van der Waals surface area contributed by atoms with Crippen LogP contribution in [0.25, 0.3) is 0 Å². The van der Waals surface area contributed by atoms with Crippen molar-refractivity contribution < 1.29 is 4.74 Å². The van der Waals surface area contributed by atoms with Crippen LogP contribution < -0.4 is 4.74 Å². The number of rotatable bonds is 2. The average Bonchev–Trinajstić information content (AvgIpc) is 2.05. The quantitative estimate of drug-likeness (QED) is 0.604. The smallest absolute Gasteiger partial charge is 0.214 e. The molecule has 0 saturated heterocycles. The van der Waals surface area contributed by atoms with Crippen LogP contribution in [0, 0.1) is 6.07 Å². The Bertz CT molecular complexity index is 195. The van der Waals surface area contributed by atoms with Gasteiger partial charge in [0.05, 0.1) is 7.11 Å². The van der Waals surface area contributed by atoms with Crippen LogP contribution in [0.1, 0.15) is 0 Å². The SMILES string of the molecule is COc1cc[c]c(SC)n1. The summed E-state index contributed by atoms with van der Waals surface area (Å²) in [6.45, 7) is 0. The number of ether oxygens (including phenoxy) is 1. The molecular weight excluding hydrogens is 146 g/mol. The zero-order valence-electron chi connectivity index (χ0n) is 5.92. The highest BCUT2D eigenvalue weighted by Crippen LogP contribution is 2.13. The van der Waals surface area contributed by atoms with E-state index in [1.54, 1.807) is 31.0 Å². The number of thioether (sulfide) groups is 1. The number of nitrogens with zero attached hydrogens (tertiary/aromatic N) is 1. The lowest BCUT2D eigenvalue weighted by Gasteiger charge is -1.98. The average molecular weight is 154 g/mol. The summed E-state index contributed by atoms with van der Waals surface area (Å²) in [6.07, 6.45) is 1.96. The van der Waals surface area contributed by atoms with Gasteiger partial charge >= 0.3 is 0 Å². The Morgan fingerprint density at radius 3 is 3.10 bits per heavy atom. The number of hydrogen-bond acceptors (Lipinski definition) is 3. The van der Waals surface area contributed by atoms with Gasteiger partial charge in [-0.05, 0) is 12.3 Å². The highest BCUT2D eigenvalue weighted by molar-refractivity contribution is 7.98. The summed E-state index contributed by atoms with van der Waals surface area (Å²) in [7, 11) is 1.60. The van der Waals surface area contributed by atoms with Gasteiger partial charge in [0.15, 0.2) is 0 Å². The first-order chi connectivity index (χ1) is 4.86. The summed E-state index contributed by atoms with van der Waals surface area (Å²) >= 11 is 1.55. The second kappa shape index (κ2) is 3.46. The van der Waals surface area contributed by atoms with Gasteiger partial charge in [-0.2, -0.15) is 0 Å². The molecule has 0 aliphatic rings. The van der Waals surface area contributed by atoms with E-state index in [1.165, 1.54) is 0 Å². The van der Waals surface area contributed by atoms with Gasteiger partial charge in [0.2, 0.25) is 5.88 Å². The van der Waals surface area contributed by atoms with Crippen LogP contribution in [-0.4, -0.2) is 18.3 Å². The molecule has 0 aliphatic carbocycles. The largest absolute Gasteiger partial charge is 0.481 e. The van der Waals surface area contributed by atoms with Gasteiger partial charge in [-0.25, -0.2) is 4.98 Å². The molecule has 1 aromatic rings. The van der Waals surface area contributed by atoms with Crippen molar-refractivity contribution in [2.75, 3.05) is 13.4 Å². The predicted molar refractivity (Wildman–Crippen MR) is 41.4 cm³/mol. The second-order valence-electron chi connectivity index (χ2n) is 1.64. The molecule has 1 rings (SSSR count). The van der Waals surface area contributed by atoms with Gasteiger partial charge in [-0.3, -0.25) is 0 Å². The maximum Gasteiger partial charge on any atom is 0.214 e. The zero-order chi connectivity index (χ0) is 7.40. The fourth-order valence-corrected chi connectivity index (χ4v) is 0.939. The fraction of sp³-hybridized carbons (Fsp3) is 0.286. The summed E-state index contributed by atoms with van der Waals surface area (Å²) in [4.78, 5) is 4.09. The van der Waals surface area contributed by atoms with Gasteiger partial charge in [0.25, 0.3) is 0 Å². The number of methoxy groups -OCH3 is 1. The molecular formula is C7H8NOS. The maximum absolute atomic E-state index is 4.91. The van der Waals surface area contributed by atoms with Gasteiger partial charge < -0.3 is 4.74 Å². The Morgan fingerprint density at radius 1 is 1.70 bits per heavy atom. The third-order valence-corrected chi connectivity index (χ3v) is 1.64. The molecule has 0 saturated carbocycles. The highest BCUT2D eigenvalue weighted by Gasteiger charge is 1.93. The molecule has 0 unspecified atom stereocenters. The highest BCUT2D eigenvalue weighted by atomic mass is 32.2. The first kappa shape index (κ1) is 7.41. The molecule has 1 heterocycles. The third-order valence-electron chi connectivity index (χ3n) is 1.05. The molecule has 2 nitrogen and oxygen atoms in total. The molecule has 10 heavy (non-hydrogen) atoms. The summed E-state index contributed by atoms with van der Waals surface area (Å²) in [6, 6.07) is 6.55. The topological polar surface area (TPSA) is 22.1 Å². The van der Waals surface area contributed by atoms with Crippen molar-refractivity contribution in [2.24, 2.45) is 0 Å². The number of pyridine rings is 1. The van der Waals surface area contributed by atoms with Gasteiger partial charge in [0.1, 0.15) is 5.03 Å². The Morgan fingerprint density at radius 2 is 2.50 bits per heavy atom. The van der Waals surface area contributed by atoms with Crippen LogP contribution in [0.4, 0.5) is 0 Å². The molecule has 0 bridgehead atoms. The van der Waals surface area contributed by atoms with Crippen molar-refractivity contribution in [2.45, 2.75) is 5.03 Å². The summed E-state index contributed by atoms with van der Waals surface area (Å²) < 4.78 is 4.91. The van der Waals surface area contributed by atoms with E-state index in [4.69, 9.17) is 4.74 Å². The molecule has 0 aliphatic heterocycles. The van der Waals surface area contributed by atoms with Crippen molar-refractivity contribution in [1.82, 2.24) is 4.98 Å². The number of hydrogen-bond donors (Lipinski definition) is 0. The monoisotopic (exact) mass is 154 g/mol. The lowest BCUT2D eigenvalue weighted by molar-refractivity contribution is 0.394. The van der Waals surface area contributed by atoms with E-state index in [2.05, 4.69) is 11.1 Å². The molecule has 1 aromatic heterocycles. The molecule has 0 aromatic carbocycles. The lowest BCUT2D eigenvalue weighted by atomic mass is 10.5. The summed E-state index contributed by atoms with van der Waals surface area (Å²) in [5.41, 5.74) is 0. The molecule has 1 radical (unpaired) electrons. The second-order valence-corrected chi connectivity index (χ2v) is 2.44. The fourth-order valence-electron chi connectivity index (χ4n) is 0.572. The van der Waals surface area contributed by atoms with Crippen LogP contribution >= 0.6 is 11.8 Å². The van der Waals surface area contributed by atoms with Gasteiger partial charge in [-0.15, -0.1) is 11.8 Å². The van der Waals surface area contributed by atoms with Gasteiger partial charge in [0, 0.05) is 12.1 Å². The molecule has 0 amide bonds. The van der Waals surface area contributed by atoms with Crippen molar-refractivity contribution in [3.63, 3.8) is 0 Å².